The van der Waals surface area contributed by atoms with E-state index in [0.717, 1.165) is 41.9 Å². The van der Waals surface area contributed by atoms with Crippen LogP contribution in [0.1, 0.15) is 0 Å². The van der Waals surface area contributed by atoms with E-state index in [9.17, 15) is 0 Å². The second-order valence-corrected chi connectivity index (χ2v) is 10.8. The van der Waals surface area contributed by atoms with Crippen molar-refractivity contribution in [3.63, 3.8) is 0 Å². The predicted octanol–water partition coefficient (Wildman–Crippen LogP) is 7.35. The van der Waals surface area contributed by atoms with Crippen LogP contribution in [0.15, 0.2) is 106 Å². The molecule has 0 saturated heterocycles. The molecule has 0 unspecified atom stereocenters. The zero-order chi connectivity index (χ0) is 27.1. The van der Waals surface area contributed by atoms with Gasteiger partial charge in [0.2, 0.25) is 0 Å². The Labute approximate surface area is 244 Å². The van der Waals surface area contributed by atoms with E-state index in [4.69, 9.17) is 9.97 Å². The largest absolute Gasteiger partial charge is 0.242 e. The van der Waals surface area contributed by atoms with Crippen molar-refractivity contribution >= 4 is 53.7 Å². The van der Waals surface area contributed by atoms with Gasteiger partial charge in [0.25, 0.3) is 0 Å². The van der Waals surface area contributed by atoms with Crippen LogP contribution in [0.25, 0.3) is 67.4 Å². The van der Waals surface area contributed by atoms with Crippen molar-refractivity contribution in [2.75, 3.05) is 0 Å². The Morgan fingerprint density at radius 1 is 0.400 bits per heavy atom. The van der Waals surface area contributed by atoms with Gasteiger partial charge in [-0.05, 0) is 36.4 Å². The van der Waals surface area contributed by atoms with Crippen LogP contribution in [0.3, 0.4) is 0 Å². The Balaban J connectivity index is 1.25. The number of pyridine rings is 2. The molecule has 0 aliphatic carbocycles. The summed E-state index contributed by atoms with van der Waals surface area (Å²) in [6, 6.07) is 27.5. The number of nitrogens with zero attached hydrogens (tertiary/aromatic N) is 8. The minimum Gasteiger partial charge on any atom is -0.242 e. The van der Waals surface area contributed by atoms with Gasteiger partial charge in [0, 0.05) is 30.8 Å². The quantitative estimate of drug-likeness (QED) is 0.183. The summed E-state index contributed by atoms with van der Waals surface area (Å²) in [5.74, 6) is 0.874. The number of hydrogen-bond acceptors (Lipinski definition) is 8. The van der Waals surface area contributed by atoms with Gasteiger partial charge in [-0.25, -0.2) is 19.9 Å². The van der Waals surface area contributed by atoms with Crippen molar-refractivity contribution in [3.8, 4) is 45.6 Å². The number of hydrogen-bond donors (Lipinski definition) is 0. The molecule has 4 aromatic heterocycles. The molecule has 0 saturated carbocycles. The zero-order valence-electron chi connectivity index (χ0n) is 20.6. The third kappa shape index (κ3) is 4.72. The summed E-state index contributed by atoms with van der Waals surface area (Å²) < 4.78 is 2.00. The monoisotopic (exact) mass is 646 g/mol. The summed E-state index contributed by atoms with van der Waals surface area (Å²) in [6.07, 6.45) is 3.42. The molecule has 0 radical (unpaired) electrons. The van der Waals surface area contributed by atoms with Gasteiger partial charge in [0.15, 0.2) is 11.6 Å². The van der Waals surface area contributed by atoms with E-state index < -0.39 is 0 Å². The minimum absolute atomic E-state index is 0.437. The van der Waals surface area contributed by atoms with Crippen LogP contribution in [-0.2, 0) is 0 Å². The highest BCUT2D eigenvalue weighted by molar-refractivity contribution is 9.10. The molecule has 40 heavy (non-hydrogen) atoms. The number of fused-ring (bicyclic) bond motifs is 3. The fraction of sp³-hybridized carbons (Fsp3) is 0. The fourth-order valence-corrected chi connectivity index (χ4v) is 4.84. The van der Waals surface area contributed by atoms with Gasteiger partial charge in [-0.15, -0.1) is 20.4 Å². The van der Waals surface area contributed by atoms with Crippen LogP contribution in [0.4, 0.5) is 0 Å². The first-order chi connectivity index (χ1) is 19.6. The third-order valence-electron chi connectivity index (χ3n) is 6.38. The van der Waals surface area contributed by atoms with Crippen molar-refractivity contribution in [2.45, 2.75) is 0 Å². The second-order valence-electron chi connectivity index (χ2n) is 8.95. The van der Waals surface area contributed by atoms with Crippen LogP contribution in [0.2, 0.25) is 0 Å². The molecule has 0 aliphatic heterocycles. The smallest absolute Gasteiger partial charge is 0.200 e. The average Bonchev–Trinajstić information content (AvgIpc) is 3.01. The second kappa shape index (κ2) is 10.2. The molecule has 3 aromatic carbocycles. The molecule has 8 nitrogen and oxygen atoms in total. The molecule has 190 valence electrons. The first-order valence-electron chi connectivity index (χ1n) is 12.2. The normalized spacial score (nSPS) is 11.2. The lowest BCUT2D eigenvalue weighted by atomic mass is 10.1. The molecule has 0 atom stereocenters. The molecule has 0 spiro atoms. The van der Waals surface area contributed by atoms with Gasteiger partial charge in [0.05, 0.1) is 23.4 Å². The van der Waals surface area contributed by atoms with E-state index in [1.54, 1.807) is 12.4 Å². The Bertz CT molecular complexity index is 1850. The standard InChI is InChI=1S/C30H16Br2N8/c31-21-9-3-17(4-10-21)25-15-33-29(39-37-25)23-13-7-19-1-2-20-8-14-24(36-28(20)27(19)35-23)30-34-16-26(38-40-30)18-5-11-22(32)12-6-18/h1-16H. The van der Waals surface area contributed by atoms with Crippen LogP contribution < -0.4 is 0 Å². The molecule has 0 aliphatic rings. The summed E-state index contributed by atoms with van der Waals surface area (Å²) in [5.41, 5.74) is 5.93. The minimum atomic E-state index is 0.437. The lowest BCUT2D eigenvalue weighted by Crippen LogP contribution is -1.98. The summed E-state index contributed by atoms with van der Waals surface area (Å²) in [4.78, 5) is 18.9. The molecule has 0 N–H and O–H groups in total. The van der Waals surface area contributed by atoms with Crippen molar-refractivity contribution in [1.82, 2.24) is 40.3 Å². The molecule has 0 amide bonds. The van der Waals surface area contributed by atoms with Gasteiger partial charge in [-0.3, -0.25) is 0 Å². The number of halogens is 2. The molecule has 7 rings (SSSR count). The Kier molecular flexibility index (Phi) is 6.26. The number of benzene rings is 3. The Morgan fingerprint density at radius 3 is 1.18 bits per heavy atom. The van der Waals surface area contributed by atoms with Crippen molar-refractivity contribution in [3.05, 3.63) is 106 Å². The van der Waals surface area contributed by atoms with E-state index in [1.165, 1.54) is 0 Å². The Hall–Kier alpha value is -4.54. The molecular formula is C30H16Br2N8. The van der Waals surface area contributed by atoms with Crippen LogP contribution in [0, 0.1) is 0 Å². The summed E-state index contributed by atoms with van der Waals surface area (Å²) in [7, 11) is 0. The highest BCUT2D eigenvalue weighted by Crippen LogP contribution is 2.28. The van der Waals surface area contributed by atoms with E-state index in [0.29, 0.717) is 34.4 Å². The third-order valence-corrected chi connectivity index (χ3v) is 7.44. The lowest BCUT2D eigenvalue weighted by molar-refractivity contribution is 0.978. The summed E-state index contributed by atoms with van der Waals surface area (Å²) in [6.45, 7) is 0. The van der Waals surface area contributed by atoms with Gasteiger partial charge in [-0.2, -0.15) is 0 Å². The molecule has 4 heterocycles. The maximum absolute atomic E-state index is 4.89. The molecule has 10 heteroatoms. The Morgan fingerprint density at radius 2 is 0.800 bits per heavy atom. The fourth-order valence-electron chi connectivity index (χ4n) is 4.31. The van der Waals surface area contributed by atoms with Crippen LogP contribution in [0.5, 0.6) is 0 Å². The van der Waals surface area contributed by atoms with E-state index in [-0.39, 0.29) is 0 Å². The lowest BCUT2D eigenvalue weighted by Gasteiger charge is -2.07. The first-order valence-corrected chi connectivity index (χ1v) is 13.8. The van der Waals surface area contributed by atoms with Gasteiger partial charge in [-0.1, -0.05) is 80.4 Å². The predicted molar refractivity (Wildman–Crippen MR) is 161 cm³/mol. The molecule has 0 fully saturated rings. The van der Waals surface area contributed by atoms with Gasteiger partial charge >= 0.3 is 0 Å². The van der Waals surface area contributed by atoms with Crippen molar-refractivity contribution in [1.29, 1.82) is 0 Å². The topological polar surface area (TPSA) is 103 Å². The molecule has 0 bridgehead atoms. The van der Waals surface area contributed by atoms with E-state index >= 15 is 0 Å². The average molecular weight is 648 g/mol. The first kappa shape index (κ1) is 24.5. The van der Waals surface area contributed by atoms with Gasteiger partial charge in [0.1, 0.15) is 22.8 Å². The van der Waals surface area contributed by atoms with Gasteiger partial charge < -0.3 is 0 Å². The van der Waals surface area contributed by atoms with Crippen LogP contribution >= 0.6 is 31.9 Å². The zero-order valence-corrected chi connectivity index (χ0v) is 23.7. The summed E-state index contributed by atoms with van der Waals surface area (Å²) >= 11 is 6.90. The summed E-state index contributed by atoms with van der Waals surface area (Å²) in [5, 5.41) is 19.4. The van der Waals surface area contributed by atoms with Crippen molar-refractivity contribution in [2.24, 2.45) is 0 Å². The SMILES string of the molecule is Brc1ccc(-c2cnc(-c3ccc4ccc5ccc(-c6ncc(-c7ccc(Br)cc7)nn6)nc5c4n3)nn2)cc1. The highest BCUT2D eigenvalue weighted by atomic mass is 79.9. The molecule has 7 aromatic rings. The number of aromatic nitrogens is 8. The number of rotatable bonds is 4. The molecular weight excluding hydrogens is 632 g/mol. The highest BCUT2D eigenvalue weighted by Gasteiger charge is 2.12. The van der Waals surface area contributed by atoms with E-state index in [1.807, 2.05) is 84.9 Å². The maximum atomic E-state index is 4.89. The van der Waals surface area contributed by atoms with Crippen molar-refractivity contribution < 1.29 is 0 Å². The van der Waals surface area contributed by atoms with E-state index in [2.05, 4.69) is 62.2 Å². The maximum Gasteiger partial charge on any atom is 0.200 e. The van der Waals surface area contributed by atoms with Crippen LogP contribution in [-0.4, -0.2) is 40.3 Å².